The molecule has 23 heavy (non-hydrogen) atoms. The van der Waals surface area contributed by atoms with E-state index in [9.17, 15) is 4.55 Å². The molecule has 1 aliphatic rings. The maximum atomic E-state index is 12.5. The van der Waals surface area contributed by atoms with Crippen LogP contribution in [0.1, 0.15) is 51.6 Å². The number of halogens is 1. The van der Waals surface area contributed by atoms with Gasteiger partial charge in [-0.25, -0.2) is 0 Å². The van der Waals surface area contributed by atoms with Crippen LogP contribution >= 0.6 is 15.9 Å². The van der Waals surface area contributed by atoms with Crippen LogP contribution in [-0.4, -0.2) is 28.8 Å². The Morgan fingerprint density at radius 2 is 1.96 bits per heavy atom. The first kappa shape index (κ1) is 19.2. The molecule has 0 aliphatic carbocycles. The zero-order chi connectivity index (χ0) is 16.9. The lowest BCUT2D eigenvalue weighted by Gasteiger charge is -2.30. The van der Waals surface area contributed by atoms with Gasteiger partial charge in [-0.05, 0) is 45.2 Å². The van der Waals surface area contributed by atoms with Crippen LogP contribution in [0.25, 0.3) is 0 Å². The van der Waals surface area contributed by atoms with Crippen molar-refractivity contribution in [3.63, 3.8) is 0 Å². The molecule has 0 spiro atoms. The van der Waals surface area contributed by atoms with Crippen molar-refractivity contribution in [2.45, 2.75) is 57.1 Å². The lowest BCUT2D eigenvalue weighted by molar-refractivity contribution is -0.182. The van der Waals surface area contributed by atoms with E-state index in [-0.39, 0.29) is 17.1 Å². The van der Waals surface area contributed by atoms with Gasteiger partial charge in [0.15, 0.2) is 6.29 Å². The predicted octanol–water partition coefficient (Wildman–Crippen LogP) is 4.09. The summed E-state index contributed by atoms with van der Waals surface area (Å²) in [5, 5.41) is 0. The van der Waals surface area contributed by atoms with E-state index in [0.29, 0.717) is 0 Å². The van der Waals surface area contributed by atoms with E-state index in [1.807, 2.05) is 39.0 Å². The Bertz CT molecular complexity index is 489. The molecule has 6 heteroatoms. The molecule has 1 heterocycles. The summed E-state index contributed by atoms with van der Waals surface area (Å²) < 4.78 is 27.8. The van der Waals surface area contributed by atoms with E-state index < -0.39 is 11.4 Å². The van der Waals surface area contributed by atoms with Crippen molar-refractivity contribution in [1.29, 1.82) is 0 Å². The number of nitrogens with one attached hydrogen (secondary N) is 1. The summed E-state index contributed by atoms with van der Waals surface area (Å²) in [6.07, 6.45) is 2.38. The average Bonchev–Trinajstić information content (AvgIpc) is 2.52. The minimum atomic E-state index is -1.14. The summed E-state index contributed by atoms with van der Waals surface area (Å²) in [4.78, 5) is 0. The summed E-state index contributed by atoms with van der Waals surface area (Å²) in [6, 6.07) is 8.04. The molecule has 0 radical (unpaired) electrons. The van der Waals surface area contributed by atoms with Gasteiger partial charge in [-0.3, -0.25) is 0 Å². The van der Waals surface area contributed by atoms with Crippen molar-refractivity contribution >= 4 is 27.3 Å². The lowest BCUT2D eigenvalue weighted by atomic mass is 10.0. The molecule has 1 aliphatic heterocycles. The van der Waals surface area contributed by atoms with Gasteiger partial charge in [-0.1, -0.05) is 34.1 Å². The van der Waals surface area contributed by atoms with Crippen molar-refractivity contribution in [3.05, 3.63) is 34.3 Å². The molecule has 4 nitrogen and oxygen atoms in total. The molecule has 2 atom stereocenters. The Hall–Kier alpha value is -0.110. The lowest BCUT2D eigenvalue weighted by Crippen LogP contribution is -2.41. The van der Waals surface area contributed by atoms with Crippen LogP contribution in [0, 0.1) is 0 Å². The number of rotatable bonds is 6. The predicted molar refractivity (Wildman–Crippen MR) is 97.5 cm³/mol. The van der Waals surface area contributed by atoms with Crippen molar-refractivity contribution in [1.82, 2.24) is 4.72 Å². The number of hydrogen-bond acceptors (Lipinski definition) is 4. The third-order valence-electron chi connectivity index (χ3n) is 3.67. The van der Waals surface area contributed by atoms with Gasteiger partial charge in [0, 0.05) is 22.3 Å². The molecule has 1 aromatic rings. The molecule has 1 fully saturated rings. The van der Waals surface area contributed by atoms with Crippen molar-refractivity contribution < 1.29 is 14.0 Å². The highest BCUT2D eigenvalue weighted by Crippen LogP contribution is 2.30. The van der Waals surface area contributed by atoms with Crippen LogP contribution in [-0.2, 0) is 20.8 Å². The average molecular weight is 404 g/mol. The van der Waals surface area contributed by atoms with Gasteiger partial charge in [0.1, 0.15) is 4.75 Å². The van der Waals surface area contributed by atoms with Crippen molar-refractivity contribution in [3.8, 4) is 0 Å². The molecule has 0 aromatic heterocycles. The molecular formula is C17H26BrNO3S. The fraction of sp³-hybridized carbons (Fsp3) is 0.647. The van der Waals surface area contributed by atoms with Crippen molar-refractivity contribution in [2.24, 2.45) is 0 Å². The summed E-state index contributed by atoms with van der Waals surface area (Å²) >= 11 is 2.47. The zero-order valence-electron chi connectivity index (χ0n) is 14.0. The van der Waals surface area contributed by atoms with Crippen LogP contribution in [0.2, 0.25) is 0 Å². The van der Waals surface area contributed by atoms with E-state index >= 15 is 0 Å². The zero-order valence-corrected chi connectivity index (χ0v) is 16.4. The molecule has 1 aromatic carbocycles. The summed E-state index contributed by atoms with van der Waals surface area (Å²) in [7, 11) is 0. The first-order valence-electron chi connectivity index (χ1n) is 8.03. The first-order valence-corrected chi connectivity index (χ1v) is 9.98. The molecule has 0 amide bonds. The molecule has 0 saturated carbocycles. The van der Waals surface area contributed by atoms with Gasteiger partial charge < -0.3 is 14.0 Å². The Labute approximate surface area is 150 Å². The largest absolute Gasteiger partial charge is 0.598 e. The normalized spacial score (nSPS) is 19.5. The maximum Gasteiger partial charge on any atom is 0.157 e. The van der Waals surface area contributed by atoms with Crippen LogP contribution in [0.15, 0.2) is 28.7 Å². The van der Waals surface area contributed by atoms with E-state index in [4.69, 9.17) is 9.47 Å². The van der Waals surface area contributed by atoms with E-state index in [1.54, 1.807) is 0 Å². The molecule has 1 saturated heterocycles. The smallest absolute Gasteiger partial charge is 0.157 e. The van der Waals surface area contributed by atoms with Crippen LogP contribution in [0.3, 0.4) is 0 Å². The third-order valence-corrected chi connectivity index (χ3v) is 6.01. The highest BCUT2D eigenvalue weighted by atomic mass is 79.9. The number of ether oxygens (including phenoxy) is 2. The molecule has 2 rings (SSSR count). The highest BCUT2D eigenvalue weighted by molar-refractivity contribution is 9.10. The van der Waals surface area contributed by atoms with Gasteiger partial charge in [0.2, 0.25) is 0 Å². The quantitative estimate of drug-likeness (QED) is 0.726. The molecular weight excluding hydrogens is 378 g/mol. The second-order valence-electron chi connectivity index (χ2n) is 6.68. The van der Waals surface area contributed by atoms with Gasteiger partial charge >= 0.3 is 0 Å². The van der Waals surface area contributed by atoms with Gasteiger partial charge in [-0.2, -0.15) is 0 Å². The van der Waals surface area contributed by atoms with Crippen LogP contribution in [0.5, 0.6) is 0 Å². The van der Waals surface area contributed by atoms with E-state index in [0.717, 1.165) is 42.5 Å². The Balaban J connectivity index is 2.06. The number of benzene rings is 1. The second kappa shape index (κ2) is 8.83. The van der Waals surface area contributed by atoms with Crippen LogP contribution in [0.4, 0.5) is 0 Å². The summed E-state index contributed by atoms with van der Waals surface area (Å²) in [5.41, 5.74) is 1.11. The fourth-order valence-corrected chi connectivity index (χ4v) is 3.77. The van der Waals surface area contributed by atoms with Crippen LogP contribution < -0.4 is 4.72 Å². The molecule has 130 valence electrons. The maximum absolute atomic E-state index is 12.5. The molecule has 0 bridgehead atoms. The Kier molecular flexibility index (Phi) is 7.38. The minimum Gasteiger partial charge on any atom is -0.598 e. The summed E-state index contributed by atoms with van der Waals surface area (Å²) in [6.45, 7) is 7.43. The van der Waals surface area contributed by atoms with Gasteiger partial charge in [0.25, 0.3) is 0 Å². The van der Waals surface area contributed by atoms with Gasteiger partial charge in [-0.15, -0.1) is 4.72 Å². The SMILES string of the molecule is CC(C)(C)[S+]([O-])NC(CCC1OCCCO1)c1ccccc1Br. The first-order chi connectivity index (χ1) is 10.9. The molecule has 1 N–H and O–H groups in total. The van der Waals surface area contributed by atoms with Crippen molar-refractivity contribution in [2.75, 3.05) is 13.2 Å². The highest BCUT2D eigenvalue weighted by Gasteiger charge is 2.31. The van der Waals surface area contributed by atoms with Gasteiger partial charge in [0.05, 0.1) is 19.3 Å². The second-order valence-corrected chi connectivity index (χ2v) is 9.53. The monoisotopic (exact) mass is 403 g/mol. The van der Waals surface area contributed by atoms with E-state index in [1.165, 1.54) is 0 Å². The standard InChI is InChI=1S/C17H26BrNO3S/c1-17(2,3)23(20)19-15(13-7-4-5-8-14(13)18)9-10-16-21-11-6-12-22-16/h4-5,7-8,15-16,19H,6,9-12H2,1-3H3. The Morgan fingerprint density at radius 3 is 2.57 bits per heavy atom. The Morgan fingerprint density at radius 1 is 1.30 bits per heavy atom. The topological polar surface area (TPSA) is 53.5 Å². The fourth-order valence-electron chi connectivity index (χ4n) is 2.35. The molecule has 2 unspecified atom stereocenters. The van der Waals surface area contributed by atoms with E-state index in [2.05, 4.69) is 26.7 Å². The summed E-state index contributed by atoms with van der Waals surface area (Å²) in [5.74, 6) is 0. The number of hydrogen-bond donors (Lipinski definition) is 1. The third kappa shape index (κ3) is 6.03. The minimum absolute atomic E-state index is 0.0141.